The van der Waals surface area contributed by atoms with Gasteiger partial charge in [-0.15, -0.1) is 24.0 Å². The number of alkyl halides is 2. The summed E-state index contributed by atoms with van der Waals surface area (Å²) in [5.41, 5.74) is 0.657. The van der Waals surface area contributed by atoms with E-state index in [9.17, 15) is 13.6 Å². The summed E-state index contributed by atoms with van der Waals surface area (Å²) < 4.78 is 30.0. The molecule has 7 nitrogen and oxygen atoms in total. The predicted octanol–water partition coefficient (Wildman–Crippen LogP) is 2.95. The van der Waals surface area contributed by atoms with Gasteiger partial charge < -0.3 is 25.6 Å². The number of hydrogen-bond donors (Lipinski definition) is 3. The Labute approximate surface area is 194 Å². The molecule has 0 bridgehead atoms. The van der Waals surface area contributed by atoms with E-state index in [2.05, 4.69) is 25.7 Å². The number of guanidine groups is 1. The number of hydrogen-bond acceptors (Lipinski definition) is 4. The quantitative estimate of drug-likeness (QED) is 0.256. The highest BCUT2D eigenvalue weighted by Crippen LogP contribution is 2.31. The lowest BCUT2D eigenvalue weighted by atomic mass is 10.2. The van der Waals surface area contributed by atoms with Crippen LogP contribution in [0.25, 0.3) is 0 Å². The minimum Gasteiger partial charge on any atom is -0.433 e. The van der Waals surface area contributed by atoms with E-state index in [-0.39, 0.29) is 47.7 Å². The monoisotopic (exact) mass is 539 g/mol. The van der Waals surface area contributed by atoms with Crippen LogP contribution in [0.2, 0.25) is 0 Å². The molecule has 170 valence electrons. The second-order valence-corrected chi connectivity index (χ2v) is 7.16. The van der Waals surface area contributed by atoms with Crippen LogP contribution >= 0.6 is 24.0 Å². The summed E-state index contributed by atoms with van der Waals surface area (Å²) in [6.07, 6.45) is 1.16. The lowest BCUT2D eigenvalue weighted by molar-refractivity contribution is -0.121. The third-order valence-corrected chi connectivity index (χ3v) is 4.35. The minimum atomic E-state index is -2.85. The van der Waals surface area contributed by atoms with Crippen LogP contribution in [0.15, 0.2) is 29.3 Å². The van der Waals surface area contributed by atoms with Gasteiger partial charge >= 0.3 is 6.61 Å². The summed E-state index contributed by atoms with van der Waals surface area (Å²) in [5, 5.41) is 9.39. The van der Waals surface area contributed by atoms with Crippen LogP contribution in [-0.2, 0) is 4.79 Å². The molecule has 0 aliphatic carbocycles. The standard InChI is InChI=1S/C20H31F2N5O2.HI/c1-4-23-20(24-11-9-18(28)25-14(2)3)26-15-10-12-27(13-15)16-7-5-6-8-17(16)29-19(21)22;/h5-8,14-15,19H,4,9-13H2,1-3H3,(H,25,28)(H2,23,24,26);1H. The van der Waals surface area contributed by atoms with Crippen LogP contribution in [0, 0.1) is 0 Å². The Hall–Kier alpha value is -1.85. The van der Waals surface area contributed by atoms with Gasteiger partial charge in [0.2, 0.25) is 5.91 Å². The van der Waals surface area contributed by atoms with E-state index in [1.807, 2.05) is 31.7 Å². The predicted molar refractivity (Wildman–Crippen MR) is 126 cm³/mol. The Morgan fingerprint density at radius 1 is 1.33 bits per heavy atom. The van der Waals surface area contributed by atoms with Crippen LogP contribution in [0.1, 0.15) is 33.6 Å². The molecule has 1 fully saturated rings. The van der Waals surface area contributed by atoms with Crippen LogP contribution in [0.5, 0.6) is 5.75 Å². The molecule has 10 heteroatoms. The number of carbonyl (C=O) groups is 1. The summed E-state index contributed by atoms with van der Waals surface area (Å²) in [6, 6.07) is 7.04. The van der Waals surface area contributed by atoms with E-state index in [1.54, 1.807) is 18.2 Å². The molecule has 1 aromatic carbocycles. The number of nitrogens with zero attached hydrogens (tertiary/aromatic N) is 2. The number of nitrogens with one attached hydrogen (secondary N) is 3. The highest BCUT2D eigenvalue weighted by atomic mass is 127. The van der Waals surface area contributed by atoms with Crippen LogP contribution < -0.4 is 25.6 Å². The summed E-state index contributed by atoms with van der Waals surface area (Å²) in [5.74, 6) is 0.802. The van der Waals surface area contributed by atoms with Gasteiger partial charge in [0.25, 0.3) is 0 Å². The molecule has 1 heterocycles. The maximum atomic E-state index is 12.7. The molecule has 2 rings (SSSR count). The number of halogens is 3. The van der Waals surface area contributed by atoms with E-state index in [4.69, 9.17) is 0 Å². The van der Waals surface area contributed by atoms with Crippen molar-refractivity contribution < 1.29 is 18.3 Å². The molecule has 1 aliphatic rings. The Morgan fingerprint density at radius 2 is 2.07 bits per heavy atom. The van der Waals surface area contributed by atoms with E-state index in [1.165, 1.54) is 0 Å². The first kappa shape index (κ1) is 26.2. The number of carbonyl (C=O) groups excluding carboxylic acids is 1. The van der Waals surface area contributed by atoms with E-state index in [0.717, 1.165) is 13.0 Å². The molecule has 3 N–H and O–H groups in total. The average Bonchev–Trinajstić information content (AvgIpc) is 3.09. The van der Waals surface area contributed by atoms with Gasteiger partial charge in [0.1, 0.15) is 5.75 Å². The van der Waals surface area contributed by atoms with Gasteiger partial charge in [-0.25, -0.2) is 0 Å². The van der Waals surface area contributed by atoms with Crippen LogP contribution in [-0.4, -0.2) is 56.7 Å². The molecule has 0 spiro atoms. The van der Waals surface area contributed by atoms with Gasteiger partial charge in [-0.05, 0) is 39.3 Å². The van der Waals surface area contributed by atoms with E-state index in [0.29, 0.717) is 37.7 Å². The van der Waals surface area contributed by atoms with Crippen molar-refractivity contribution in [3.05, 3.63) is 24.3 Å². The van der Waals surface area contributed by atoms with Crippen LogP contribution in [0.3, 0.4) is 0 Å². The molecule has 30 heavy (non-hydrogen) atoms. The Bertz CT molecular complexity index is 691. The maximum absolute atomic E-state index is 12.7. The average molecular weight is 539 g/mol. The van der Waals surface area contributed by atoms with Gasteiger partial charge in [-0.3, -0.25) is 9.79 Å². The Kier molecular flexibility index (Phi) is 11.7. The van der Waals surface area contributed by atoms with Gasteiger partial charge in [-0.2, -0.15) is 8.78 Å². The largest absolute Gasteiger partial charge is 0.433 e. The van der Waals surface area contributed by atoms with Crippen molar-refractivity contribution in [1.82, 2.24) is 16.0 Å². The van der Waals surface area contributed by atoms with Crippen molar-refractivity contribution in [3.8, 4) is 5.75 Å². The lowest BCUT2D eigenvalue weighted by Crippen LogP contribution is -2.44. The number of para-hydroxylation sites is 2. The zero-order valence-corrected chi connectivity index (χ0v) is 20.0. The van der Waals surface area contributed by atoms with Gasteiger partial charge in [0, 0.05) is 38.1 Å². The number of ether oxygens (including phenoxy) is 1. The Balaban J connectivity index is 0.00000450. The Morgan fingerprint density at radius 3 is 2.73 bits per heavy atom. The zero-order valence-electron chi connectivity index (χ0n) is 17.7. The van der Waals surface area contributed by atoms with E-state index < -0.39 is 6.61 Å². The summed E-state index contributed by atoms with van der Waals surface area (Å²) in [7, 11) is 0. The molecule has 1 aliphatic heterocycles. The van der Waals surface area contributed by atoms with Crippen LogP contribution in [0.4, 0.5) is 14.5 Å². The summed E-state index contributed by atoms with van der Waals surface area (Å²) >= 11 is 0. The third-order valence-electron chi connectivity index (χ3n) is 4.35. The van der Waals surface area contributed by atoms with Crippen molar-refractivity contribution in [2.45, 2.75) is 52.3 Å². The third kappa shape index (κ3) is 8.88. The van der Waals surface area contributed by atoms with E-state index >= 15 is 0 Å². The summed E-state index contributed by atoms with van der Waals surface area (Å²) in [6.45, 7) is 5.40. The molecule has 1 atom stereocenters. The maximum Gasteiger partial charge on any atom is 0.387 e. The second-order valence-electron chi connectivity index (χ2n) is 7.16. The van der Waals surface area contributed by atoms with Crippen molar-refractivity contribution in [2.24, 2.45) is 4.99 Å². The first-order valence-electron chi connectivity index (χ1n) is 10.0. The fourth-order valence-corrected chi connectivity index (χ4v) is 3.19. The summed E-state index contributed by atoms with van der Waals surface area (Å²) in [4.78, 5) is 18.2. The number of aliphatic imine (C=N–C) groups is 1. The van der Waals surface area contributed by atoms with Crippen molar-refractivity contribution in [1.29, 1.82) is 0 Å². The fraction of sp³-hybridized carbons (Fsp3) is 0.600. The van der Waals surface area contributed by atoms with Gasteiger partial charge in [-0.1, -0.05) is 12.1 Å². The highest BCUT2D eigenvalue weighted by Gasteiger charge is 2.26. The lowest BCUT2D eigenvalue weighted by Gasteiger charge is -2.22. The van der Waals surface area contributed by atoms with Crippen molar-refractivity contribution >= 4 is 41.5 Å². The molecular weight excluding hydrogens is 507 g/mol. The molecule has 1 saturated heterocycles. The second kappa shape index (κ2) is 13.5. The number of anilines is 1. The smallest absolute Gasteiger partial charge is 0.387 e. The minimum absolute atomic E-state index is 0. The van der Waals surface area contributed by atoms with Crippen molar-refractivity contribution in [3.63, 3.8) is 0 Å². The number of amides is 1. The first-order chi connectivity index (χ1) is 13.9. The molecule has 1 unspecified atom stereocenters. The molecule has 1 amide bonds. The normalized spacial score (nSPS) is 16.4. The number of rotatable bonds is 9. The first-order valence-corrected chi connectivity index (χ1v) is 10.0. The molecule has 0 saturated carbocycles. The topological polar surface area (TPSA) is 78.0 Å². The molecule has 1 aromatic rings. The van der Waals surface area contributed by atoms with Gasteiger partial charge in [0.05, 0.1) is 12.2 Å². The molecule has 0 radical (unpaired) electrons. The fourth-order valence-electron chi connectivity index (χ4n) is 3.19. The number of benzene rings is 1. The van der Waals surface area contributed by atoms with Gasteiger partial charge in [0.15, 0.2) is 5.96 Å². The van der Waals surface area contributed by atoms with Crippen molar-refractivity contribution in [2.75, 3.05) is 31.1 Å². The zero-order chi connectivity index (χ0) is 21.2. The SMILES string of the molecule is CCNC(=NCCC(=O)NC(C)C)NC1CCN(c2ccccc2OC(F)F)C1.I. The molecular formula is C20H32F2IN5O2. The molecule has 0 aromatic heterocycles. The highest BCUT2D eigenvalue weighted by molar-refractivity contribution is 14.0.